The number of hydrogen-bond donors (Lipinski definition) is 0. The fourth-order valence-electron chi connectivity index (χ4n) is 1.72. The summed E-state index contributed by atoms with van der Waals surface area (Å²) < 4.78 is 20.1. The highest BCUT2D eigenvalue weighted by Crippen LogP contribution is 2.21. The number of ether oxygens (including phenoxy) is 4. The van der Waals surface area contributed by atoms with Crippen LogP contribution in [0.3, 0.4) is 0 Å². The molecule has 1 aliphatic rings. The Morgan fingerprint density at radius 2 is 2.25 bits per heavy atom. The van der Waals surface area contributed by atoms with Crippen LogP contribution in [0.15, 0.2) is 24.3 Å². The first kappa shape index (κ1) is 16.6. The van der Waals surface area contributed by atoms with Gasteiger partial charge in [0.25, 0.3) is 0 Å². The molecule has 2 atom stereocenters. The number of methoxy groups -OCH3 is 2. The molecule has 0 aromatic carbocycles. The lowest BCUT2D eigenvalue weighted by Gasteiger charge is -2.19. The molecule has 1 aliphatic carbocycles. The van der Waals surface area contributed by atoms with Crippen LogP contribution in [0.5, 0.6) is 0 Å². The summed E-state index contributed by atoms with van der Waals surface area (Å²) in [5.41, 5.74) is 0. The van der Waals surface area contributed by atoms with E-state index in [4.69, 9.17) is 14.2 Å². The molecule has 0 spiro atoms. The van der Waals surface area contributed by atoms with Crippen LogP contribution in [0.25, 0.3) is 0 Å². The lowest BCUT2D eigenvalue weighted by Crippen LogP contribution is -2.22. The molecular weight excluding hydrogens is 264 g/mol. The maximum atomic E-state index is 11.3. The Labute approximate surface area is 118 Å². The molecule has 0 radical (unpaired) electrons. The minimum absolute atomic E-state index is 0.0513. The second-order valence-corrected chi connectivity index (χ2v) is 4.23. The smallest absolute Gasteiger partial charge is 0.330 e. The van der Waals surface area contributed by atoms with Gasteiger partial charge in [0, 0.05) is 25.5 Å². The van der Waals surface area contributed by atoms with E-state index in [1.54, 1.807) is 19.3 Å². The molecule has 6 heteroatoms. The van der Waals surface area contributed by atoms with Gasteiger partial charge < -0.3 is 18.9 Å². The van der Waals surface area contributed by atoms with E-state index >= 15 is 0 Å². The van der Waals surface area contributed by atoms with Crippen LogP contribution >= 0.6 is 0 Å². The number of ketones is 1. The molecular formula is C14H20O6. The van der Waals surface area contributed by atoms with E-state index < -0.39 is 12.1 Å². The molecule has 0 fully saturated rings. The highest BCUT2D eigenvalue weighted by molar-refractivity contribution is 5.92. The summed E-state index contributed by atoms with van der Waals surface area (Å²) in [7, 11) is 2.89. The summed E-state index contributed by atoms with van der Waals surface area (Å²) >= 11 is 0. The minimum atomic E-state index is -0.466. The van der Waals surface area contributed by atoms with Gasteiger partial charge in [0.05, 0.1) is 26.4 Å². The van der Waals surface area contributed by atoms with Crippen LogP contribution in [0.1, 0.15) is 6.42 Å². The predicted molar refractivity (Wildman–Crippen MR) is 71.0 cm³/mol. The van der Waals surface area contributed by atoms with Crippen molar-refractivity contribution in [2.45, 2.75) is 12.5 Å². The Morgan fingerprint density at radius 3 is 2.85 bits per heavy atom. The summed E-state index contributed by atoms with van der Waals surface area (Å²) in [5.74, 6) is -0.503. The van der Waals surface area contributed by atoms with Crippen molar-refractivity contribution in [2.24, 2.45) is 5.92 Å². The van der Waals surface area contributed by atoms with Crippen LogP contribution in [0, 0.1) is 5.92 Å². The minimum Gasteiger partial charge on any atom is -0.466 e. The van der Waals surface area contributed by atoms with Crippen molar-refractivity contribution < 1.29 is 28.5 Å². The molecule has 0 aliphatic heterocycles. The van der Waals surface area contributed by atoms with Crippen molar-refractivity contribution in [3.8, 4) is 0 Å². The summed E-state index contributed by atoms with van der Waals surface area (Å²) in [6, 6.07) is 0. The van der Waals surface area contributed by atoms with E-state index in [1.165, 1.54) is 19.3 Å². The van der Waals surface area contributed by atoms with Gasteiger partial charge in [-0.15, -0.1) is 0 Å². The molecule has 0 N–H and O–H groups in total. The lowest BCUT2D eigenvalue weighted by atomic mass is 10.0. The van der Waals surface area contributed by atoms with Gasteiger partial charge in [-0.3, -0.25) is 4.79 Å². The molecule has 0 amide bonds. The summed E-state index contributed by atoms with van der Waals surface area (Å²) in [4.78, 5) is 22.4. The molecule has 0 aromatic rings. The number of hydrogen-bond acceptors (Lipinski definition) is 6. The molecule has 0 bridgehead atoms. The molecule has 1 rings (SSSR count). The van der Waals surface area contributed by atoms with E-state index in [0.717, 1.165) is 0 Å². The zero-order valence-corrected chi connectivity index (χ0v) is 11.7. The molecule has 0 heterocycles. The van der Waals surface area contributed by atoms with Crippen LogP contribution in [0.4, 0.5) is 0 Å². The topological polar surface area (TPSA) is 71.1 Å². The van der Waals surface area contributed by atoms with Gasteiger partial charge in [0.2, 0.25) is 0 Å². The molecule has 6 nitrogen and oxygen atoms in total. The summed E-state index contributed by atoms with van der Waals surface area (Å²) in [6.07, 6.45) is 6.14. The van der Waals surface area contributed by atoms with Crippen LogP contribution in [-0.2, 0) is 28.5 Å². The quantitative estimate of drug-likeness (QED) is 0.271. The average Bonchev–Trinajstić information content (AvgIpc) is 2.88. The third-order valence-electron chi connectivity index (χ3n) is 2.79. The molecule has 0 unspecified atom stereocenters. The predicted octanol–water partition coefficient (Wildman–Crippen LogP) is 0.866. The van der Waals surface area contributed by atoms with E-state index in [0.29, 0.717) is 19.6 Å². The fraction of sp³-hybridized carbons (Fsp3) is 0.571. The normalized spacial score (nSPS) is 19.7. The summed E-state index contributed by atoms with van der Waals surface area (Å²) in [6.45, 7) is 0.968. The number of rotatable bonds is 9. The van der Waals surface area contributed by atoms with Crippen LogP contribution in [-0.4, -0.2) is 52.1 Å². The van der Waals surface area contributed by atoms with Gasteiger partial charge in [-0.1, -0.05) is 6.08 Å². The SMILES string of the molecule is COCCOCO[C@H](/C=C/C(=O)OC)[C@H]1C=CC(=O)C1. The lowest BCUT2D eigenvalue weighted by molar-refractivity contribution is -0.135. The van der Waals surface area contributed by atoms with Crippen LogP contribution < -0.4 is 0 Å². The summed E-state index contributed by atoms with van der Waals surface area (Å²) in [5, 5.41) is 0. The average molecular weight is 284 g/mol. The molecule has 0 saturated carbocycles. The van der Waals surface area contributed by atoms with Gasteiger partial charge in [-0.05, 0) is 12.2 Å². The Hall–Kier alpha value is -1.50. The standard InChI is InChI=1S/C14H20O6/c1-17-7-8-19-10-20-13(5-6-14(16)18-2)11-3-4-12(15)9-11/h3-6,11,13H,7-10H2,1-2H3/b6-5+/t11-,13+/m0/s1. The maximum absolute atomic E-state index is 11.3. The Kier molecular flexibility index (Phi) is 7.79. The van der Waals surface area contributed by atoms with Crippen molar-refractivity contribution in [3.63, 3.8) is 0 Å². The third kappa shape index (κ3) is 6.10. The van der Waals surface area contributed by atoms with Crippen molar-refractivity contribution in [1.82, 2.24) is 0 Å². The highest BCUT2D eigenvalue weighted by atomic mass is 16.7. The van der Waals surface area contributed by atoms with Crippen molar-refractivity contribution in [3.05, 3.63) is 24.3 Å². The second kappa shape index (κ2) is 9.41. The monoisotopic (exact) mass is 284 g/mol. The maximum Gasteiger partial charge on any atom is 0.330 e. The van der Waals surface area contributed by atoms with E-state index in [-0.39, 0.29) is 18.5 Å². The molecule has 112 valence electrons. The van der Waals surface area contributed by atoms with E-state index in [1.807, 2.05) is 0 Å². The highest BCUT2D eigenvalue weighted by Gasteiger charge is 2.24. The zero-order chi connectivity index (χ0) is 14.8. The first-order valence-electron chi connectivity index (χ1n) is 6.33. The van der Waals surface area contributed by atoms with Crippen molar-refractivity contribution >= 4 is 11.8 Å². The van der Waals surface area contributed by atoms with Crippen LogP contribution in [0.2, 0.25) is 0 Å². The van der Waals surface area contributed by atoms with Gasteiger partial charge in [-0.2, -0.15) is 0 Å². The molecule has 20 heavy (non-hydrogen) atoms. The molecule has 0 saturated heterocycles. The van der Waals surface area contributed by atoms with Crippen molar-refractivity contribution in [1.29, 1.82) is 0 Å². The first-order valence-corrected chi connectivity index (χ1v) is 6.33. The third-order valence-corrected chi connectivity index (χ3v) is 2.79. The Balaban J connectivity index is 2.47. The fourth-order valence-corrected chi connectivity index (χ4v) is 1.72. The van der Waals surface area contributed by atoms with Gasteiger partial charge >= 0.3 is 5.97 Å². The number of carbonyl (C=O) groups is 2. The van der Waals surface area contributed by atoms with Gasteiger partial charge in [0.1, 0.15) is 6.79 Å². The van der Waals surface area contributed by atoms with Gasteiger partial charge in [0.15, 0.2) is 5.78 Å². The number of esters is 1. The van der Waals surface area contributed by atoms with Crippen molar-refractivity contribution in [2.75, 3.05) is 34.2 Å². The van der Waals surface area contributed by atoms with Gasteiger partial charge in [-0.25, -0.2) is 4.79 Å². The number of carbonyl (C=O) groups excluding carboxylic acids is 2. The number of allylic oxidation sites excluding steroid dienone is 1. The second-order valence-electron chi connectivity index (χ2n) is 4.23. The van der Waals surface area contributed by atoms with E-state index in [9.17, 15) is 9.59 Å². The Bertz CT molecular complexity index is 374. The zero-order valence-electron chi connectivity index (χ0n) is 11.7. The Morgan fingerprint density at radius 1 is 1.45 bits per heavy atom. The largest absolute Gasteiger partial charge is 0.466 e. The molecule has 0 aromatic heterocycles. The first-order chi connectivity index (χ1) is 9.67. The van der Waals surface area contributed by atoms with E-state index in [2.05, 4.69) is 4.74 Å².